The molecule has 0 aromatic carbocycles. The van der Waals surface area contributed by atoms with Gasteiger partial charge in [-0.15, -0.1) is 0 Å². The van der Waals surface area contributed by atoms with Crippen molar-refractivity contribution in [2.75, 3.05) is 13.2 Å². The van der Waals surface area contributed by atoms with Gasteiger partial charge in [-0.05, 0) is 102 Å². The molecule has 5 nitrogen and oxygen atoms in total. The molecule has 5 heteroatoms. The molecule has 0 aliphatic heterocycles. The third-order valence-electron chi connectivity index (χ3n) is 10.9. The number of hydrogen-bond donors (Lipinski definition) is 4. The van der Waals surface area contributed by atoms with Crippen LogP contribution in [-0.2, 0) is 4.79 Å². The molecule has 0 heterocycles. The summed E-state index contributed by atoms with van der Waals surface area (Å²) < 4.78 is 0. The van der Waals surface area contributed by atoms with Gasteiger partial charge in [0.1, 0.15) is 6.29 Å². The second-order valence-corrected chi connectivity index (χ2v) is 13.0. The van der Waals surface area contributed by atoms with E-state index in [1.54, 1.807) is 0 Å². The smallest absolute Gasteiger partial charge is 0.145 e. The Kier molecular flexibility index (Phi) is 8.50. The van der Waals surface area contributed by atoms with Crippen molar-refractivity contribution in [3.05, 3.63) is 70.9 Å². The number of carbonyl (C=O) groups excluding carboxylic acids is 1. The highest BCUT2D eigenvalue weighted by Gasteiger charge is 2.79. The van der Waals surface area contributed by atoms with Crippen LogP contribution in [0.2, 0.25) is 0 Å². The van der Waals surface area contributed by atoms with E-state index in [9.17, 15) is 25.2 Å². The number of fused-ring (bicyclic) bond motifs is 2. The van der Waals surface area contributed by atoms with Crippen LogP contribution in [-0.4, -0.2) is 51.6 Å². The number of aliphatic hydroxyl groups excluding tert-OH is 3. The molecule has 4 rings (SSSR count). The summed E-state index contributed by atoms with van der Waals surface area (Å²) in [6.45, 7) is 11.9. The Hall–Kier alpha value is -2.05. The minimum Gasteiger partial charge on any atom is -0.396 e. The van der Waals surface area contributed by atoms with Crippen molar-refractivity contribution >= 4 is 6.29 Å². The van der Waals surface area contributed by atoms with Gasteiger partial charge in [0.05, 0.1) is 18.3 Å². The van der Waals surface area contributed by atoms with Gasteiger partial charge >= 0.3 is 0 Å². The van der Waals surface area contributed by atoms with Crippen molar-refractivity contribution in [2.24, 2.45) is 28.1 Å². The molecule has 214 valence electrons. The first kappa shape index (κ1) is 29.9. The summed E-state index contributed by atoms with van der Waals surface area (Å²) in [5, 5.41) is 45.3. The average molecular weight is 537 g/mol. The van der Waals surface area contributed by atoms with Crippen molar-refractivity contribution in [1.29, 1.82) is 0 Å². The monoisotopic (exact) mass is 536 g/mol. The van der Waals surface area contributed by atoms with E-state index in [0.717, 1.165) is 35.8 Å². The normalized spacial score (nSPS) is 40.4. The van der Waals surface area contributed by atoms with E-state index in [1.807, 2.05) is 32.1 Å². The minimum absolute atomic E-state index is 0.00160. The third kappa shape index (κ3) is 4.41. The Balaban J connectivity index is 1.78. The van der Waals surface area contributed by atoms with Crippen LogP contribution < -0.4 is 0 Å². The maximum absolute atomic E-state index is 12.5. The molecule has 0 saturated heterocycles. The number of rotatable bonds is 10. The molecule has 39 heavy (non-hydrogen) atoms. The fraction of sp³-hybridized carbons (Fsp3) is 0.618. The largest absolute Gasteiger partial charge is 0.396 e. The molecule has 4 N–H and O–H groups in total. The molecule has 0 unspecified atom stereocenters. The quantitative estimate of drug-likeness (QED) is 0.127. The second-order valence-electron chi connectivity index (χ2n) is 13.0. The molecule has 4 aliphatic carbocycles. The van der Waals surface area contributed by atoms with Gasteiger partial charge in [-0.3, -0.25) is 4.79 Å². The fourth-order valence-electron chi connectivity index (χ4n) is 9.30. The molecule has 0 aromatic rings. The summed E-state index contributed by atoms with van der Waals surface area (Å²) in [6.07, 6.45) is 17.7. The van der Waals surface area contributed by atoms with Gasteiger partial charge in [0, 0.05) is 28.8 Å². The van der Waals surface area contributed by atoms with E-state index in [0.29, 0.717) is 44.1 Å². The third-order valence-corrected chi connectivity index (χ3v) is 10.9. The lowest BCUT2D eigenvalue weighted by Crippen LogP contribution is -2.72. The number of aliphatic hydroxyl groups is 4. The summed E-state index contributed by atoms with van der Waals surface area (Å²) >= 11 is 0. The lowest BCUT2D eigenvalue weighted by Gasteiger charge is -2.70. The van der Waals surface area contributed by atoms with Crippen LogP contribution >= 0.6 is 0 Å². The van der Waals surface area contributed by atoms with Crippen molar-refractivity contribution in [3.8, 4) is 0 Å². The van der Waals surface area contributed by atoms with Gasteiger partial charge < -0.3 is 20.4 Å². The zero-order chi connectivity index (χ0) is 28.6. The maximum Gasteiger partial charge on any atom is 0.145 e. The lowest BCUT2D eigenvalue weighted by atomic mass is 9.35. The Morgan fingerprint density at radius 2 is 1.85 bits per heavy atom. The fourth-order valence-corrected chi connectivity index (χ4v) is 9.30. The molecule has 3 fully saturated rings. The molecule has 0 aromatic heterocycles. The average Bonchev–Trinajstić information content (AvgIpc) is 3.09. The molecule has 4 bridgehead atoms. The molecule has 4 aliphatic rings. The SMILES string of the molecule is C=C(/C=C/C=C(/CO)[C@]12CC[C@@]3([C@@H]1O)[C@](C)(O)C[C@H]1C=C[C@@H](CCO)[C@@]3(CC2)C1=C(C)C=O)CCC=C(C)C. The highest BCUT2D eigenvalue weighted by atomic mass is 16.3. The van der Waals surface area contributed by atoms with E-state index < -0.39 is 27.9 Å². The Morgan fingerprint density at radius 1 is 1.13 bits per heavy atom. The Morgan fingerprint density at radius 3 is 2.49 bits per heavy atom. The summed E-state index contributed by atoms with van der Waals surface area (Å²) in [4.78, 5) is 12.2. The van der Waals surface area contributed by atoms with Crippen molar-refractivity contribution in [1.82, 2.24) is 0 Å². The first-order valence-corrected chi connectivity index (χ1v) is 14.6. The highest BCUT2D eigenvalue weighted by molar-refractivity contribution is 5.75. The van der Waals surface area contributed by atoms with E-state index in [4.69, 9.17) is 0 Å². The standard InChI is InChI=1S/C34H48O5/c1-23(2)8-6-9-24(3)10-7-11-28(22-37)32-15-17-33-27(14-19-35)13-12-26(29(33)25(4)21-36)20-31(5,39)34(33,18-16-32)30(32)38/h7-8,10-13,21,26-27,30,35,37-39H,3,6,9,14-20,22H2,1-2,4-5H3/b10-7+,28-11-,29-25?/t26-,27+,30-,31-,32+,33+,34-/m1/s1. The van der Waals surface area contributed by atoms with Crippen LogP contribution in [0.1, 0.15) is 79.1 Å². The van der Waals surface area contributed by atoms with Crippen LogP contribution in [0.5, 0.6) is 0 Å². The van der Waals surface area contributed by atoms with Gasteiger partial charge in [-0.25, -0.2) is 0 Å². The molecule has 7 atom stereocenters. The zero-order valence-electron chi connectivity index (χ0n) is 24.2. The van der Waals surface area contributed by atoms with Crippen LogP contribution in [0.3, 0.4) is 0 Å². The molecule has 2 spiro atoms. The van der Waals surface area contributed by atoms with Crippen LogP contribution in [0.15, 0.2) is 70.9 Å². The molecule has 3 saturated carbocycles. The summed E-state index contributed by atoms with van der Waals surface area (Å²) in [5.41, 5.74) is 1.44. The van der Waals surface area contributed by atoms with E-state index in [-0.39, 0.29) is 25.0 Å². The number of hydrogen-bond acceptors (Lipinski definition) is 5. The van der Waals surface area contributed by atoms with Gasteiger partial charge in [0.2, 0.25) is 0 Å². The van der Waals surface area contributed by atoms with E-state index in [1.165, 1.54) is 5.57 Å². The molecule has 0 radical (unpaired) electrons. The summed E-state index contributed by atoms with van der Waals surface area (Å²) in [7, 11) is 0. The first-order valence-electron chi connectivity index (χ1n) is 14.6. The Labute approximate surface area is 234 Å². The topological polar surface area (TPSA) is 98.0 Å². The van der Waals surface area contributed by atoms with Gasteiger partial charge in [-0.1, -0.05) is 54.2 Å². The van der Waals surface area contributed by atoms with Crippen LogP contribution in [0, 0.1) is 28.1 Å². The van der Waals surface area contributed by atoms with Gasteiger partial charge in [-0.2, -0.15) is 0 Å². The van der Waals surface area contributed by atoms with E-state index in [2.05, 4.69) is 38.7 Å². The lowest BCUT2D eigenvalue weighted by molar-refractivity contribution is -0.247. The molecular weight excluding hydrogens is 488 g/mol. The zero-order valence-corrected chi connectivity index (χ0v) is 24.2. The van der Waals surface area contributed by atoms with Crippen LogP contribution in [0.25, 0.3) is 0 Å². The number of aldehydes is 1. The van der Waals surface area contributed by atoms with Crippen molar-refractivity contribution < 1.29 is 25.2 Å². The highest BCUT2D eigenvalue weighted by Crippen LogP contribution is 2.79. The molecule has 0 amide bonds. The number of allylic oxidation sites excluding steroid dienone is 10. The van der Waals surface area contributed by atoms with E-state index >= 15 is 0 Å². The summed E-state index contributed by atoms with van der Waals surface area (Å²) in [5.74, 6) is -0.161. The maximum atomic E-state index is 12.5. The first-order chi connectivity index (χ1) is 18.5. The summed E-state index contributed by atoms with van der Waals surface area (Å²) in [6, 6.07) is 0. The minimum atomic E-state index is -1.18. The van der Waals surface area contributed by atoms with Gasteiger partial charge in [0.15, 0.2) is 0 Å². The van der Waals surface area contributed by atoms with Crippen molar-refractivity contribution in [3.63, 3.8) is 0 Å². The Bertz CT molecular complexity index is 1130. The number of carbonyl (C=O) groups is 1. The predicted octanol–water partition coefficient (Wildman–Crippen LogP) is 5.53. The second kappa shape index (κ2) is 11.1. The predicted molar refractivity (Wildman–Crippen MR) is 156 cm³/mol. The van der Waals surface area contributed by atoms with Gasteiger partial charge in [0.25, 0.3) is 0 Å². The van der Waals surface area contributed by atoms with Crippen LogP contribution in [0.4, 0.5) is 0 Å². The van der Waals surface area contributed by atoms with Crippen molar-refractivity contribution in [2.45, 2.75) is 90.8 Å². The molecular formula is C34H48O5.